The van der Waals surface area contributed by atoms with Gasteiger partial charge in [-0.3, -0.25) is 9.36 Å². The molecule has 66 valence electrons. The van der Waals surface area contributed by atoms with Gasteiger partial charge in [-0.1, -0.05) is 0 Å². The average Bonchev–Trinajstić information content (AvgIpc) is 1.87. The van der Waals surface area contributed by atoms with Gasteiger partial charge in [0.05, 0.1) is 6.16 Å². The van der Waals surface area contributed by atoms with E-state index in [0.717, 1.165) is 0 Å². The van der Waals surface area contributed by atoms with Crippen LogP contribution in [0, 0.1) is 0 Å². The highest BCUT2D eigenvalue weighted by molar-refractivity contribution is 7.81. The molecule has 0 amide bonds. The van der Waals surface area contributed by atoms with Gasteiger partial charge in [-0.05, 0) is 19.3 Å². The van der Waals surface area contributed by atoms with E-state index in [1.54, 1.807) is 0 Å². The van der Waals surface area contributed by atoms with Crippen molar-refractivity contribution in [2.24, 2.45) is 0 Å². The van der Waals surface area contributed by atoms with Gasteiger partial charge < -0.3 is 10.00 Å². The van der Waals surface area contributed by atoms with Crippen molar-refractivity contribution in [1.29, 1.82) is 0 Å². The Morgan fingerprint density at radius 3 is 2.55 bits per heavy atom. The zero-order chi connectivity index (χ0) is 8.91. The minimum absolute atomic E-state index is 0.115. The quantitative estimate of drug-likeness (QED) is 0.349. The summed E-state index contributed by atoms with van der Waals surface area (Å²) in [5.74, 6) is -0.996. The Labute approximate surface area is 69.5 Å². The van der Waals surface area contributed by atoms with E-state index in [4.69, 9.17) is 10.00 Å². The summed E-state index contributed by atoms with van der Waals surface area (Å²) in [4.78, 5) is 18.6. The van der Waals surface area contributed by atoms with Gasteiger partial charge in [0, 0.05) is 6.42 Å². The summed E-state index contributed by atoms with van der Waals surface area (Å²) in [6.07, 6.45) is -0.200. The maximum absolute atomic E-state index is 10.6. The van der Waals surface area contributed by atoms with Crippen LogP contribution in [0.15, 0.2) is 0 Å². The van der Waals surface area contributed by atoms with Crippen LogP contribution in [0.25, 0.3) is 0 Å². The molecule has 0 saturated heterocycles. The van der Waals surface area contributed by atoms with Gasteiger partial charge in [0.25, 0.3) is 0 Å². The van der Waals surface area contributed by atoms with Gasteiger partial charge >= 0.3 is 13.6 Å². The molecule has 0 aromatic heterocycles. The molecule has 0 aliphatic heterocycles. The van der Waals surface area contributed by atoms with Gasteiger partial charge in [0.1, 0.15) is 0 Å². The third-order valence-electron chi connectivity index (χ3n) is 0.959. The molecule has 0 fully saturated rings. The molecule has 0 saturated carbocycles. The molecule has 5 nitrogen and oxygen atoms in total. The summed E-state index contributed by atoms with van der Waals surface area (Å²) in [6, 6.07) is 0. The molecule has 1 atom stereocenters. The van der Waals surface area contributed by atoms with Crippen LogP contribution in [0.3, 0.4) is 0 Å². The number of carbonyl (C=O) groups is 1. The Balaban J connectivity index is 3.54. The first-order valence-electron chi connectivity index (χ1n) is 2.85. The van der Waals surface area contributed by atoms with E-state index in [1.165, 1.54) is 0 Å². The maximum atomic E-state index is 10.6. The molecule has 0 aliphatic carbocycles. The molecule has 7 heteroatoms. The summed E-state index contributed by atoms with van der Waals surface area (Å²) in [7, 11) is -3.63. The van der Waals surface area contributed by atoms with Crippen molar-refractivity contribution in [3.05, 3.63) is 0 Å². The fourth-order valence-corrected chi connectivity index (χ4v) is 1.36. The highest BCUT2D eigenvalue weighted by Crippen LogP contribution is 2.43. The molecule has 0 radical (unpaired) electrons. The van der Waals surface area contributed by atoms with Crippen LogP contribution in [0.5, 0.6) is 0 Å². The number of aliphatic carboxylic acids is 1. The van der Waals surface area contributed by atoms with E-state index in [0.29, 0.717) is 0 Å². The highest BCUT2D eigenvalue weighted by Gasteiger charge is 2.17. The van der Waals surface area contributed by atoms with Gasteiger partial charge in [-0.25, -0.2) is 3.97 Å². The number of thiol groups is 1. The lowest BCUT2D eigenvalue weighted by Gasteiger charge is -2.04. The Kier molecular flexibility index (Phi) is 4.76. The van der Waals surface area contributed by atoms with Crippen LogP contribution < -0.4 is 0 Å². The zero-order valence-electron chi connectivity index (χ0n) is 5.63. The van der Waals surface area contributed by atoms with Crippen molar-refractivity contribution in [1.82, 2.24) is 0 Å². The largest absolute Gasteiger partial charge is 0.481 e. The van der Waals surface area contributed by atoms with Crippen molar-refractivity contribution in [3.8, 4) is 0 Å². The van der Waals surface area contributed by atoms with Crippen LogP contribution >= 0.6 is 20.5 Å². The van der Waals surface area contributed by atoms with Gasteiger partial charge in [0.2, 0.25) is 0 Å². The standard InChI is InChI=1S/C4H9O5PS/c5-4(6)2-1-3-10(7,8)9-11/h11H,1-3H2,(H,5,6)(H,7,8). The minimum Gasteiger partial charge on any atom is -0.481 e. The number of hydrogen-bond acceptors (Lipinski definition) is 4. The van der Waals surface area contributed by atoms with Crippen molar-refractivity contribution >= 4 is 26.5 Å². The normalized spacial score (nSPS) is 15.8. The first kappa shape index (κ1) is 11.0. The molecule has 0 bridgehead atoms. The lowest BCUT2D eigenvalue weighted by molar-refractivity contribution is -0.137. The van der Waals surface area contributed by atoms with Crippen molar-refractivity contribution in [2.45, 2.75) is 12.8 Å². The monoisotopic (exact) mass is 200 g/mol. The Morgan fingerprint density at radius 1 is 1.64 bits per heavy atom. The van der Waals surface area contributed by atoms with Crippen LogP contribution in [0.1, 0.15) is 12.8 Å². The first-order chi connectivity index (χ1) is 4.98. The van der Waals surface area contributed by atoms with Crippen LogP contribution in [-0.4, -0.2) is 22.1 Å². The van der Waals surface area contributed by atoms with Gasteiger partial charge in [-0.2, -0.15) is 0 Å². The average molecular weight is 200 g/mol. The molecule has 1 unspecified atom stereocenters. The zero-order valence-corrected chi connectivity index (χ0v) is 7.42. The second-order valence-electron chi connectivity index (χ2n) is 1.94. The number of carboxylic acids is 1. The molecule has 0 heterocycles. The number of rotatable bonds is 5. The Hall–Kier alpha value is -0.0300. The summed E-state index contributed by atoms with van der Waals surface area (Å²) in [5, 5.41) is 8.15. The number of carboxylic acid groups (broad SMARTS) is 1. The van der Waals surface area contributed by atoms with E-state index >= 15 is 0 Å². The van der Waals surface area contributed by atoms with Crippen LogP contribution in [-0.2, 0) is 13.3 Å². The molecule has 11 heavy (non-hydrogen) atoms. The molecular formula is C4H9O5PS. The summed E-state index contributed by atoms with van der Waals surface area (Å²) >= 11 is 3.17. The second-order valence-corrected chi connectivity index (χ2v) is 4.32. The maximum Gasteiger partial charge on any atom is 0.338 e. The van der Waals surface area contributed by atoms with E-state index in [2.05, 4.69) is 16.9 Å². The minimum atomic E-state index is -3.63. The SMILES string of the molecule is O=C(O)CCCP(=O)(O)OS. The third kappa shape index (κ3) is 6.37. The van der Waals surface area contributed by atoms with Crippen molar-refractivity contribution in [3.63, 3.8) is 0 Å². The topological polar surface area (TPSA) is 83.8 Å². The highest BCUT2D eigenvalue weighted by atomic mass is 32.1. The van der Waals surface area contributed by atoms with Crippen molar-refractivity contribution in [2.75, 3.05) is 6.16 Å². The molecule has 0 aromatic carbocycles. The molecule has 0 aromatic rings. The fraction of sp³-hybridized carbons (Fsp3) is 0.750. The Bertz CT molecular complexity index is 181. The van der Waals surface area contributed by atoms with Gasteiger partial charge in [-0.15, -0.1) is 0 Å². The van der Waals surface area contributed by atoms with E-state index in [1.807, 2.05) is 0 Å². The lowest BCUT2D eigenvalue weighted by atomic mass is 10.3. The summed E-state index contributed by atoms with van der Waals surface area (Å²) < 4.78 is 14.6. The molecule has 0 spiro atoms. The van der Waals surface area contributed by atoms with E-state index in [-0.39, 0.29) is 19.0 Å². The van der Waals surface area contributed by atoms with E-state index in [9.17, 15) is 9.36 Å². The molecular weight excluding hydrogens is 191 g/mol. The first-order valence-corrected chi connectivity index (χ1v) is 4.97. The van der Waals surface area contributed by atoms with E-state index < -0.39 is 13.6 Å². The second kappa shape index (κ2) is 4.77. The lowest BCUT2D eigenvalue weighted by Crippen LogP contribution is -1.97. The van der Waals surface area contributed by atoms with Crippen LogP contribution in [0.4, 0.5) is 0 Å². The Morgan fingerprint density at radius 2 is 2.18 bits per heavy atom. The molecule has 2 N–H and O–H groups in total. The predicted octanol–water partition coefficient (Wildman–Crippen LogP) is 0.898. The van der Waals surface area contributed by atoms with Crippen LogP contribution in [0.2, 0.25) is 0 Å². The molecule has 0 aliphatic rings. The third-order valence-corrected chi connectivity index (χ3v) is 2.86. The predicted molar refractivity (Wildman–Crippen MR) is 41.6 cm³/mol. The molecule has 0 rings (SSSR count). The van der Waals surface area contributed by atoms with Gasteiger partial charge in [0.15, 0.2) is 0 Å². The van der Waals surface area contributed by atoms with Crippen molar-refractivity contribution < 1.29 is 23.3 Å². The summed E-state index contributed by atoms with van der Waals surface area (Å²) in [6.45, 7) is 0. The fourth-order valence-electron chi connectivity index (χ4n) is 0.471. The summed E-state index contributed by atoms with van der Waals surface area (Å²) in [5.41, 5.74) is 0. The smallest absolute Gasteiger partial charge is 0.338 e. The number of hydrogen-bond donors (Lipinski definition) is 3.